The van der Waals surface area contributed by atoms with Gasteiger partial charge in [-0.3, -0.25) is 9.59 Å². The predicted octanol–water partition coefficient (Wildman–Crippen LogP) is 2.32. The highest BCUT2D eigenvalue weighted by atomic mass is 16.2. The number of hydrogen-bond acceptors (Lipinski definition) is 3. The highest BCUT2D eigenvalue weighted by Crippen LogP contribution is 2.15. The Morgan fingerprint density at radius 2 is 1.70 bits per heavy atom. The molecule has 0 aliphatic rings. The molecule has 2 aromatic carbocycles. The average Bonchev–Trinajstić information content (AvgIpc) is 2.53. The first-order valence-electron chi connectivity index (χ1n) is 7.38. The summed E-state index contributed by atoms with van der Waals surface area (Å²) in [7, 11) is 3.87. The van der Waals surface area contributed by atoms with Crippen LogP contribution < -0.4 is 15.5 Å². The molecule has 0 fully saturated rings. The highest BCUT2D eigenvalue weighted by molar-refractivity contribution is 6.39. The molecule has 5 nitrogen and oxygen atoms in total. The van der Waals surface area contributed by atoms with E-state index < -0.39 is 11.8 Å². The standard InChI is InChI=1S/C18H21N3O2/c1-13-5-4-6-14(11-13)12-19-17(22)18(23)20-15-7-9-16(10-8-15)21(2)3/h4-11H,12H2,1-3H3,(H,19,22)(H,20,23). The minimum Gasteiger partial charge on any atom is -0.378 e. The van der Waals surface area contributed by atoms with Crippen LogP contribution in [0.3, 0.4) is 0 Å². The van der Waals surface area contributed by atoms with Crippen molar-refractivity contribution in [3.8, 4) is 0 Å². The fraction of sp³-hybridized carbons (Fsp3) is 0.222. The van der Waals surface area contributed by atoms with Crippen LogP contribution in [0.4, 0.5) is 11.4 Å². The van der Waals surface area contributed by atoms with Crippen molar-refractivity contribution in [2.75, 3.05) is 24.3 Å². The topological polar surface area (TPSA) is 61.4 Å². The molecule has 0 radical (unpaired) electrons. The van der Waals surface area contributed by atoms with Gasteiger partial charge in [0.15, 0.2) is 0 Å². The Bertz CT molecular complexity index is 694. The van der Waals surface area contributed by atoms with Crippen molar-refractivity contribution >= 4 is 23.2 Å². The van der Waals surface area contributed by atoms with Crippen LogP contribution in [-0.2, 0) is 16.1 Å². The van der Waals surface area contributed by atoms with Crippen molar-refractivity contribution in [2.24, 2.45) is 0 Å². The molecule has 0 heterocycles. The number of rotatable bonds is 4. The van der Waals surface area contributed by atoms with Gasteiger partial charge in [-0.25, -0.2) is 0 Å². The lowest BCUT2D eigenvalue weighted by Gasteiger charge is -2.13. The molecular weight excluding hydrogens is 290 g/mol. The van der Waals surface area contributed by atoms with E-state index in [9.17, 15) is 9.59 Å². The van der Waals surface area contributed by atoms with Crippen molar-refractivity contribution in [3.63, 3.8) is 0 Å². The molecule has 2 aromatic rings. The minimum atomic E-state index is -0.671. The van der Waals surface area contributed by atoms with E-state index in [1.807, 2.05) is 62.3 Å². The second-order valence-electron chi connectivity index (χ2n) is 5.57. The molecule has 0 saturated carbocycles. The number of hydrogen-bond donors (Lipinski definition) is 2. The van der Waals surface area contributed by atoms with Crippen LogP contribution in [-0.4, -0.2) is 25.9 Å². The molecular formula is C18H21N3O2. The number of benzene rings is 2. The molecule has 0 unspecified atom stereocenters. The number of carbonyl (C=O) groups is 2. The third-order valence-corrected chi connectivity index (χ3v) is 3.38. The van der Waals surface area contributed by atoms with Gasteiger partial charge in [0.1, 0.15) is 0 Å². The largest absolute Gasteiger partial charge is 0.378 e. The van der Waals surface area contributed by atoms with E-state index in [0.717, 1.165) is 16.8 Å². The van der Waals surface area contributed by atoms with Gasteiger partial charge in [0, 0.05) is 32.0 Å². The maximum Gasteiger partial charge on any atom is 0.313 e. The molecule has 0 bridgehead atoms. The summed E-state index contributed by atoms with van der Waals surface area (Å²) in [6.07, 6.45) is 0. The Balaban J connectivity index is 1.88. The highest BCUT2D eigenvalue weighted by Gasteiger charge is 2.13. The minimum absolute atomic E-state index is 0.327. The maximum atomic E-state index is 11.9. The fourth-order valence-corrected chi connectivity index (χ4v) is 2.12. The van der Waals surface area contributed by atoms with Gasteiger partial charge >= 0.3 is 11.8 Å². The first-order valence-corrected chi connectivity index (χ1v) is 7.38. The third-order valence-electron chi connectivity index (χ3n) is 3.38. The summed E-state index contributed by atoms with van der Waals surface area (Å²) < 4.78 is 0. The molecule has 0 saturated heterocycles. The Morgan fingerprint density at radius 3 is 2.30 bits per heavy atom. The molecule has 0 spiro atoms. The van der Waals surface area contributed by atoms with Crippen LogP contribution in [0, 0.1) is 6.92 Å². The van der Waals surface area contributed by atoms with Crippen LogP contribution >= 0.6 is 0 Å². The zero-order chi connectivity index (χ0) is 16.8. The fourth-order valence-electron chi connectivity index (χ4n) is 2.12. The van der Waals surface area contributed by atoms with Crippen LogP contribution in [0.1, 0.15) is 11.1 Å². The van der Waals surface area contributed by atoms with Gasteiger partial charge < -0.3 is 15.5 Å². The molecule has 0 aromatic heterocycles. The van der Waals surface area contributed by atoms with Gasteiger partial charge in [-0.05, 0) is 36.8 Å². The molecule has 2 N–H and O–H groups in total. The second kappa shape index (κ2) is 7.45. The lowest BCUT2D eigenvalue weighted by molar-refractivity contribution is -0.136. The number of anilines is 2. The summed E-state index contributed by atoms with van der Waals surface area (Å²) >= 11 is 0. The molecule has 23 heavy (non-hydrogen) atoms. The quantitative estimate of drug-likeness (QED) is 0.852. The van der Waals surface area contributed by atoms with Crippen LogP contribution in [0.5, 0.6) is 0 Å². The summed E-state index contributed by atoms with van der Waals surface area (Å²) in [6.45, 7) is 2.31. The van der Waals surface area contributed by atoms with E-state index in [1.54, 1.807) is 12.1 Å². The number of carbonyl (C=O) groups excluding carboxylic acids is 2. The summed E-state index contributed by atoms with van der Waals surface area (Å²) in [4.78, 5) is 25.7. The molecule has 5 heteroatoms. The maximum absolute atomic E-state index is 11.9. The predicted molar refractivity (Wildman–Crippen MR) is 92.4 cm³/mol. The first kappa shape index (κ1) is 16.5. The average molecular weight is 311 g/mol. The second-order valence-corrected chi connectivity index (χ2v) is 5.57. The first-order chi connectivity index (χ1) is 11.0. The van der Waals surface area contributed by atoms with Crippen molar-refractivity contribution in [2.45, 2.75) is 13.5 Å². The van der Waals surface area contributed by atoms with Gasteiger partial charge in [-0.2, -0.15) is 0 Å². The Hall–Kier alpha value is -2.82. The number of amides is 2. The zero-order valence-electron chi connectivity index (χ0n) is 13.6. The van der Waals surface area contributed by atoms with Crippen molar-refractivity contribution in [1.29, 1.82) is 0 Å². The normalized spacial score (nSPS) is 10.0. The van der Waals surface area contributed by atoms with E-state index in [1.165, 1.54) is 0 Å². The van der Waals surface area contributed by atoms with E-state index in [-0.39, 0.29) is 0 Å². The number of aryl methyl sites for hydroxylation is 1. The summed E-state index contributed by atoms with van der Waals surface area (Å²) in [5, 5.41) is 5.20. The molecule has 0 atom stereocenters. The van der Waals surface area contributed by atoms with Gasteiger partial charge in [-0.15, -0.1) is 0 Å². The van der Waals surface area contributed by atoms with Crippen LogP contribution in [0.25, 0.3) is 0 Å². The number of nitrogens with one attached hydrogen (secondary N) is 2. The van der Waals surface area contributed by atoms with Gasteiger partial charge in [0.25, 0.3) is 0 Å². The molecule has 2 rings (SSSR count). The zero-order valence-corrected chi connectivity index (χ0v) is 13.6. The summed E-state index contributed by atoms with van der Waals surface area (Å²) in [5.74, 6) is -1.32. The summed E-state index contributed by atoms with van der Waals surface area (Å²) in [6, 6.07) is 15.1. The third kappa shape index (κ3) is 4.85. The van der Waals surface area contributed by atoms with Crippen molar-refractivity contribution in [1.82, 2.24) is 5.32 Å². The molecule has 120 valence electrons. The van der Waals surface area contributed by atoms with Gasteiger partial charge in [-0.1, -0.05) is 29.8 Å². The van der Waals surface area contributed by atoms with Gasteiger partial charge in [0.2, 0.25) is 0 Å². The molecule has 2 amide bonds. The lowest BCUT2D eigenvalue weighted by atomic mass is 10.1. The van der Waals surface area contributed by atoms with Crippen molar-refractivity contribution in [3.05, 3.63) is 59.7 Å². The monoisotopic (exact) mass is 311 g/mol. The van der Waals surface area contributed by atoms with E-state index in [4.69, 9.17) is 0 Å². The number of nitrogens with zero attached hydrogens (tertiary/aromatic N) is 1. The van der Waals surface area contributed by atoms with E-state index in [2.05, 4.69) is 10.6 Å². The van der Waals surface area contributed by atoms with Crippen LogP contribution in [0.2, 0.25) is 0 Å². The summed E-state index contributed by atoms with van der Waals surface area (Å²) in [5.41, 5.74) is 3.68. The SMILES string of the molecule is Cc1cccc(CNC(=O)C(=O)Nc2ccc(N(C)C)cc2)c1. The van der Waals surface area contributed by atoms with E-state index in [0.29, 0.717) is 12.2 Å². The van der Waals surface area contributed by atoms with Gasteiger partial charge in [0.05, 0.1) is 0 Å². The lowest BCUT2D eigenvalue weighted by Crippen LogP contribution is -2.34. The van der Waals surface area contributed by atoms with Crippen molar-refractivity contribution < 1.29 is 9.59 Å². The molecule has 0 aliphatic heterocycles. The molecule has 0 aliphatic carbocycles. The Kier molecular flexibility index (Phi) is 5.36. The van der Waals surface area contributed by atoms with E-state index >= 15 is 0 Å². The van der Waals surface area contributed by atoms with Crippen LogP contribution in [0.15, 0.2) is 48.5 Å². The Labute approximate surface area is 136 Å². The smallest absolute Gasteiger partial charge is 0.313 e. The Morgan fingerprint density at radius 1 is 1.00 bits per heavy atom.